The maximum Gasteiger partial charge on any atom is 0.347 e. The maximum atomic E-state index is 12.4. The van der Waals surface area contributed by atoms with Crippen LogP contribution in [0.25, 0.3) is 10.9 Å². The molecule has 1 heterocycles. The summed E-state index contributed by atoms with van der Waals surface area (Å²) in [5.41, 5.74) is 2.72. The van der Waals surface area contributed by atoms with Crippen molar-refractivity contribution < 1.29 is 4.79 Å². The number of fused-ring (bicyclic) bond motifs is 1. The van der Waals surface area contributed by atoms with Crippen molar-refractivity contribution in [2.75, 3.05) is 11.6 Å². The van der Waals surface area contributed by atoms with E-state index in [1.54, 1.807) is 18.0 Å². The Morgan fingerprint density at radius 2 is 2.10 bits per heavy atom. The highest BCUT2D eigenvalue weighted by atomic mass is 32.2. The van der Waals surface area contributed by atoms with Gasteiger partial charge < -0.3 is 5.32 Å². The molecule has 2 aromatic carbocycles. The van der Waals surface area contributed by atoms with Gasteiger partial charge in [0.05, 0.1) is 11.7 Å². The van der Waals surface area contributed by atoms with Gasteiger partial charge in [-0.2, -0.15) is 9.78 Å². The van der Waals surface area contributed by atoms with Crippen molar-refractivity contribution in [1.82, 2.24) is 9.78 Å². The normalized spacial score (nSPS) is 10.8. The largest absolute Gasteiger partial charge is 0.347 e. The van der Waals surface area contributed by atoms with E-state index in [1.165, 1.54) is 4.68 Å². The van der Waals surface area contributed by atoms with Crippen LogP contribution in [0.3, 0.4) is 0 Å². The van der Waals surface area contributed by atoms with Gasteiger partial charge in [0, 0.05) is 16.0 Å². The number of anilines is 1. The van der Waals surface area contributed by atoms with Crippen LogP contribution < -0.4 is 5.32 Å². The lowest BCUT2D eigenvalue weighted by Gasteiger charge is -2.07. The number of benzene rings is 2. The van der Waals surface area contributed by atoms with Crippen LogP contribution in [0.1, 0.15) is 5.56 Å². The molecule has 1 amide bonds. The Labute approximate surface area is 127 Å². The number of aryl methyl sites for hydroxylation is 1. The zero-order valence-corrected chi connectivity index (χ0v) is 12.6. The minimum Gasteiger partial charge on any atom is -0.306 e. The molecule has 3 aromatic rings. The summed E-state index contributed by atoms with van der Waals surface area (Å²) in [4.78, 5) is 13.5. The second-order valence-electron chi connectivity index (χ2n) is 4.78. The molecule has 0 fully saturated rings. The lowest BCUT2D eigenvalue weighted by atomic mass is 10.2. The van der Waals surface area contributed by atoms with Crippen LogP contribution in [-0.4, -0.2) is 22.1 Å². The number of thioether (sulfide) groups is 1. The summed E-state index contributed by atoms with van der Waals surface area (Å²) < 4.78 is 1.39. The van der Waals surface area contributed by atoms with Gasteiger partial charge in [0.2, 0.25) is 0 Å². The van der Waals surface area contributed by atoms with Crippen molar-refractivity contribution in [1.29, 1.82) is 0 Å². The molecular weight excluding hydrogens is 282 g/mol. The topological polar surface area (TPSA) is 46.9 Å². The predicted octanol–water partition coefficient (Wildman–Crippen LogP) is 4.15. The van der Waals surface area contributed by atoms with Crippen LogP contribution >= 0.6 is 11.8 Å². The molecule has 1 N–H and O–H groups in total. The molecule has 106 valence electrons. The third-order valence-corrected chi connectivity index (χ3v) is 3.96. The van der Waals surface area contributed by atoms with E-state index >= 15 is 0 Å². The molecule has 0 saturated carbocycles. The molecule has 0 aliphatic heterocycles. The van der Waals surface area contributed by atoms with Crippen LogP contribution in [0, 0.1) is 6.92 Å². The monoisotopic (exact) mass is 297 g/mol. The number of aromatic nitrogens is 2. The molecule has 0 aliphatic carbocycles. The first-order chi connectivity index (χ1) is 10.2. The summed E-state index contributed by atoms with van der Waals surface area (Å²) in [7, 11) is 0. The van der Waals surface area contributed by atoms with E-state index in [0.29, 0.717) is 0 Å². The van der Waals surface area contributed by atoms with E-state index in [9.17, 15) is 4.79 Å². The zero-order valence-electron chi connectivity index (χ0n) is 11.8. The van der Waals surface area contributed by atoms with Gasteiger partial charge in [0.1, 0.15) is 0 Å². The van der Waals surface area contributed by atoms with E-state index in [4.69, 9.17) is 0 Å². The molecule has 5 heteroatoms. The lowest BCUT2D eigenvalue weighted by Crippen LogP contribution is -2.20. The Hall–Kier alpha value is -2.27. The predicted molar refractivity (Wildman–Crippen MR) is 87.1 cm³/mol. The van der Waals surface area contributed by atoms with Crippen molar-refractivity contribution in [3.05, 3.63) is 54.2 Å². The first kappa shape index (κ1) is 13.7. The second-order valence-corrected chi connectivity index (χ2v) is 5.66. The molecule has 0 saturated heterocycles. The van der Waals surface area contributed by atoms with Crippen molar-refractivity contribution in [3.8, 4) is 0 Å². The Bertz CT molecular complexity index is 810. The summed E-state index contributed by atoms with van der Waals surface area (Å²) in [6, 6.07) is 13.4. The highest BCUT2D eigenvalue weighted by Gasteiger charge is 2.10. The highest BCUT2D eigenvalue weighted by molar-refractivity contribution is 7.98. The third-order valence-electron chi connectivity index (χ3n) is 3.24. The molecular formula is C16H15N3OS. The van der Waals surface area contributed by atoms with Gasteiger partial charge in [-0.25, -0.2) is 4.79 Å². The molecule has 0 atom stereocenters. The van der Waals surface area contributed by atoms with Crippen molar-refractivity contribution in [2.45, 2.75) is 11.8 Å². The average molecular weight is 297 g/mol. The lowest BCUT2D eigenvalue weighted by molar-refractivity contribution is 0.252. The van der Waals surface area contributed by atoms with E-state index < -0.39 is 0 Å². The minimum absolute atomic E-state index is 0.257. The highest BCUT2D eigenvalue weighted by Crippen LogP contribution is 2.20. The number of nitrogens with zero attached hydrogens (tertiary/aromatic N) is 2. The fraction of sp³-hybridized carbons (Fsp3) is 0.125. The van der Waals surface area contributed by atoms with Gasteiger partial charge in [0.15, 0.2) is 0 Å². The van der Waals surface area contributed by atoms with E-state index in [0.717, 1.165) is 27.0 Å². The number of carbonyl (C=O) groups is 1. The molecule has 21 heavy (non-hydrogen) atoms. The molecule has 0 spiro atoms. The fourth-order valence-electron chi connectivity index (χ4n) is 2.19. The van der Waals surface area contributed by atoms with Gasteiger partial charge in [-0.1, -0.05) is 17.7 Å². The molecule has 0 unspecified atom stereocenters. The van der Waals surface area contributed by atoms with E-state index in [-0.39, 0.29) is 6.03 Å². The summed E-state index contributed by atoms with van der Waals surface area (Å²) in [6.07, 6.45) is 3.71. The van der Waals surface area contributed by atoms with Gasteiger partial charge in [0.25, 0.3) is 0 Å². The van der Waals surface area contributed by atoms with Gasteiger partial charge in [-0.3, -0.25) is 0 Å². The summed E-state index contributed by atoms with van der Waals surface area (Å²) in [6.45, 7) is 2.02. The quantitative estimate of drug-likeness (QED) is 0.723. The van der Waals surface area contributed by atoms with Crippen molar-refractivity contribution >= 4 is 34.4 Å². The maximum absolute atomic E-state index is 12.4. The van der Waals surface area contributed by atoms with Crippen LogP contribution in [0.4, 0.5) is 10.5 Å². The molecule has 0 radical (unpaired) electrons. The van der Waals surface area contributed by atoms with Crippen molar-refractivity contribution in [2.24, 2.45) is 0 Å². The number of nitrogens with one attached hydrogen (secondary N) is 1. The third kappa shape index (κ3) is 2.78. The van der Waals surface area contributed by atoms with Crippen molar-refractivity contribution in [3.63, 3.8) is 0 Å². The number of carbonyl (C=O) groups excluding carboxylic acids is 1. The first-order valence-corrected chi connectivity index (χ1v) is 7.79. The standard InChI is InChI=1S/C16H15N3OS/c1-11-6-7-15-12(8-11)10-17-19(15)16(20)18-13-4-3-5-14(9-13)21-2/h3-10H,1-2H3,(H,18,20). The van der Waals surface area contributed by atoms with Crippen LogP contribution in [0.2, 0.25) is 0 Å². The fourth-order valence-corrected chi connectivity index (χ4v) is 2.65. The number of rotatable bonds is 2. The average Bonchev–Trinajstić information content (AvgIpc) is 2.90. The molecule has 0 aliphatic rings. The molecule has 0 bridgehead atoms. The summed E-state index contributed by atoms with van der Waals surface area (Å²) in [5, 5.41) is 8.01. The Morgan fingerprint density at radius 1 is 1.24 bits per heavy atom. The summed E-state index contributed by atoms with van der Waals surface area (Å²) in [5.74, 6) is 0. The molecule has 3 rings (SSSR count). The Kier molecular flexibility index (Phi) is 3.66. The molecule has 4 nitrogen and oxygen atoms in total. The number of hydrogen-bond donors (Lipinski definition) is 1. The van der Waals surface area contributed by atoms with E-state index in [1.807, 2.05) is 55.6 Å². The zero-order chi connectivity index (χ0) is 14.8. The van der Waals surface area contributed by atoms with Gasteiger partial charge >= 0.3 is 6.03 Å². The number of amides is 1. The van der Waals surface area contributed by atoms with Crippen LogP contribution in [-0.2, 0) is 0 Å². The van der Waals surface area contributed by atoms with Crippen LogP contribution in [0.15, 0.2) is 53.6 Å². The summed E-state index contributed by atoms with van der Waals surface area (Å²) >= 11 is 1.64. The Balaban J connectivity index is 1.90. The second kappa shape index (κ2) is 5.61. The van der Waals surface area contributed by atoms with Gasteiger partial charge in [-0.05, 0) is 43.5 Å². The Morgan fingerprint density at radius 3 is 2.90 bits per heavy atom. The van der Waals surface area contributed by atoms with Gasteiger partial charge in [-0.15, -0.1) is 11.8 Å². The first-order valence-electron chi connectivity index (χ1n) is 6.57. The SMILES string of the molecule is CSc1cccc(NC(=O)n2ncc3cc(C)ccc32)c1. The van der Waals surface area contributed by atoms with Crippen LogP contribution in [0.5, 0.6) is 0 Å². The van der Waals surface area contributed by atoms with E-state index in [2.05, 4.69) is 10.4 Å². The number of hydrogen-bond acceptors (Lipinski definition) is 3. The molecule has 1 aromatic heterocycles. The smallest absolute Gasteiger partial charge is 0.306 e. The minimum atomic E-state index is -0.257.